The van der Waals surface area contributed by atoms with Crippen molar-refractivity contribution < 1.29 is 24.2 Å². The second kappa shape index (κ2) is 4.77. The van der Waals surface area contributed by atoms with E-state index in [0.29, 0.717) is 0 Å². The van der Waals surface area contributed by atoms with E-state index in [9.17, 15) is 9.59 Å². The van der Waals surface area contributed by atoms with Gasteiger partial charge in [-0.3, -0.25) is 5.73 Å². The van der Waals surface area contributed by atoms with Crippen LogP contribution in [0.4, 0.5) is 4.79 Å². The van der Waals surface area contributed by atoms with Crippen LogP contribution in [-0.2, 0) is 14.3 Å². The number of rotatable bonds is 4. The number of amides is 1. The Kier molecular flexibility index (Phi) is 4.32. The summed E-state index contributed by atoms with van der Waals surface area (Å²) in [5.41, 5.74) is 3.43. The van der Waals surface area contributed by atoms with Gasteiger partial charge in [0.05, 0.1) is 13.2 Å². The smallest absolute Gasteiger partial charge is 0.407 e. The molecule has 2 atom stereocenters. The number of nitrogens with two attached hydrogens (primary N) is 1. The zero-order chi connectivity index (χ0) is 11.4. The van der Waals surface area contributed by atoms with Gasteiger partial charge < -0.3 is 19.9 Å². The molecule has 0 rings (SSSR count). The van der Waals surface area contributed by atoms with Crippen LogP contribution in [0.2, 0.25) is 0 Å². The van der Waals surface area contributed by atoms with Crippen LogP contribution < -0.4 is 11.1 Å². The number of hydrogen-bond donors (Lipinski definition) is 3. The van der Waals surface area contributed by atoms with Crippen molar-refractivity contribution in [2.75, 3.05) is 14.2 Å². The lowest BCUT2D eigenvalue weighted by molar-refractivity contribution is -0.164. The Hall–Kier alpha value is -1.34. The molecular weight excluding hydrogens is 192 g/mol. The first-order valence-electron chi connectivity index (χ1n) is 3.80. The number of ether oxygens (including phenoxy) is 2. The number of carbonyl (C=O) groups is 2. The Balaban J connectivity index is 4.54. The molecular formula is C7H14N2O5. The lowest BCUT2D eigenvalue weighted by Gasteiger charge is -2.29. The summed E-state index contributed by atoms with van der Waals surface area (Å²) in [6.07, 6.45) is -0.773. The van der Waals surface area contributed by atoms with Gasteiger partial charge in [-0.15, -0.1) is 0 Å². The molecule has 0 aromatic carbocycles. The molecule has 0 aliphatic heterocycles. The molecule has 4 N–H and O–H groups in total. The zero-order valence-electron chi connectivity index (χ0n) is 8.23. The highest BCUT2D eigenvalue weighted by molar-refractivity contribution is 5.79. The van der Waals surface area contributed by atoms with Crippen molar-refractivity contribution in [3.05, 3.63) is 0 Å². The van der Waals surface area contributed by atoms with Crippen LogP contribution in [0.25, 0.3) is 0 Å². The van der Waals surface area contributed by atoms with Crippen LogP contribution in [0.15, 0.2) is 0 Å². The summed E-state index contributed by atoms with van der Waals surface area (Å²) < 4.78 is 8.90. The van der Waals surface area contributed by atoms with Crippen molar-refractivity contribution in [2.45, 2.75) is 18.7 Å². The van der Waals surface area contributed by atoms with Crippen molar-refractivity contribution in [3.8, 4) is 0 Å². The molecule has 0 radical (unpaired) electrons. The van der Waals surface area contributed by atoms with E-state index >= 15 is 0 Å². The van der Waals surface area contributed by atoms with E-state index in [4.69, 9.17) is 10.8 Å². The SMILES string of the molecule is COC(=O)N[C@@H](C)[C@](N)(OC)C(=O)O. The summed E-state index contributed by atoms with van der Waals surface area (Å²) in [7, 11) is 2.30. The molecule has 0 aliphatic carbocycles. The molecule has 0 saturated carbocycles. The van der Waals surface area contributed by atoms with Crippen LogP contribution in [0, 0.1) is 0 Å². The maximum absolute atomic E-state index is 10.8. The Labute approximate surface area is 81.2 Å². The molecule has 0 aromatic rings. The Bertz CT molecular complexity index is 232. The van der Waals surface area contributed by atoms with Gasteiger partial charge in [0.15, 0.2) is 0 Å². The molecule has 0 bridgehead atoms. The monoisotopic (exact) mass is 206 g/mol. The van der Waals surface area contributed by atoms with Gasteiger partial charge in [-0.05, 0) is 6.92 Å². The van der Waals surface area contributed by atoms with Gasteiger partial charge in [-0.2, -0.15) is 0 Å². The minimum absolute atomic E-state index is 0.773. The molecule has 82 valence electrons. The average Bonchev–Trinajstić information content (AvgIpc) is 2.15. The lowest BCUT2D eigenvalue weighted by Crippen LogP contribution is -2.63. The highest BCUT2D eigenvalue weighted by Gasteiger charge is 2.41. The molecule has 0 saturated heterocycles. The number of nitrogens with one attached hydrogen (secondary N) is 1. The van der Waals surface area contributed by atoms with Crippen molar-refractivity contribution in [1.82, 2.24) is 5.32 Å². The topological polar surface area (TPSA) is 111 Å². The number of alkyl carbamates (subject to hydrolysis) is 1. The highest BCUT2D eigenvalue weighted by atomic mass is 16.5. The molecule has 0 spiro atoms. The van der Waals surface area contributed by atoms with Gasteiger partial charge in [-0.25, -0.2) is 9.59 Å². The lowest BCUT2D eigenvalue weighted by atomic mass is 10.1. The maximum atomic E-state index is 10.8. The van der Waals surface area contributed by atoms with Crippen molar-refractivity contribution in [1.29, 1.82) is 0 Å². The molecule has 14 heavy (non-hydrogen) atoms. The third kappa shape index (κ3) is 2.57. The van der Waals surface area contributed by atoms with Crippen LogP contribution in [0.5, 0.6) is 0 Å². The molecule has 0 aliphatic rings. The van der Waals surface area contributed by atoms with Crippen molar-refractivity contribution >= 4 is 12.1 Å². The average molecular weight is 206 g/mol. The van der Waals surface area contributed by atoms with Crippen LogP contribution in [-0.4, -0.2) is 43.2 Å². The van der Waals surface area contributed by atoms with Crippen LogP contribution in [0.3, 0.4) is 0 Å². The van der Waals surface area contributed by atoms with Crippen LogP contribution in [0.1, 0.15) is 6.92 Å². The molecule has 7 heteroatoms. The first kappa shape index (κ1) is 12.7. The summed E-state index contributed by atoms with van der Waals surface area (Å²) >= 11 is 0. The number of hydrogen-bond acceptors (Lipinski definition) is 5. The molecule has 0 heterocycles. The summed E-state index contributed by atoms with van der Waals surface area (Å²) in [6.45, 7) is 1.40. The van der Waals surface area contributed by atoms with Crippen molar-refractivity contribution in [3.63, 3.8) is 0 Å². The number of carboxylic acid groups (broad SMARTS) is 1. The minimum atomic E-state index is -1.96. The number of methoxy groups -OCH3 is 2. The summed E-state index contributed by atoms with van der Waals surface area (Å²) in [5, 5.41) is 11.0. The second-order valence-electron chi connectivity index (χ2n) is 2.66. The van der Waals surface area contributed by atoms with E-state index in [1.807, 2.05) is 0 Å². The largest absolute Gasteiger partial charge is 0.478 e. The minimum Gasteiger partial charge on any atom is -0.478 e. The summed E-state index contributed by atoms with van der Waals surface area (Å²) in [6, 6.07) is -0.919. The Morgan fingerprint density at radius 3 is 2.29 bits per heavy atom. The normalized spacial score (nSPS) is 16.6. The van der Waals surface area contributed by atoms with Gasteiger partial charge in [0.25, 0.3) is 0 Å². The third-order valence-electron chi connectivity index (χ3n) is 1.84. The van der Waals surface area contributed by atoms with Gasteiger partial charge in [-0.1, -0.05) is 0 Å². The predicted octanol–water partition coefficient (Wildman–Crippen LogP) is -0.883. The van der Waals surface area contributed by atoms with E-state index in [-0.39, 0.29) is 0 Å². The van der Waals surface area contributed by atoms with Gasteiger partial charge >= 0.3 is 12.1 Å². The molecule has 0 fully saturated rings. The first-order chi connectivity index (χ1) is 6.38. The Morgan fingerprint density at radius 2 is 2.00 bits per heavy atom. The maximum Gasteiger partial charge on any atom is 0.407 e. The van der Waals surface area contributed by atoms with E-state index in [1.165, 1.54) is 6.92 Å². The zero-order valence-corrected chi connectivity index (χ0v) is 8.23. The third-order valence-corrected chi connectivity index (χ3v) is 1.84. The number of carbonyl (C=O) groups excluding carboxylic acids is 1. The number of aliphatic carboxylic acids is 1. The first-order valence-corrected chi connectivity index (χ1v) is 3.80. The summed E-state index contributed by atoms with van der Waals surface area (Å²) in [4.78, 5) is 21.5. The van der Waals surface area contributed by atoms with E-state index in [1.54, 1.807) is 0 Å². The summed E-state index contributed by atoms with van der Waals surface area (Å²) in [5.74, 6) is -1.37. The molecule has 0 unspecified atom stereocenters. The quantitative estimate of drug-likeness (QED) is 0.515. The number of carboxylic acids is 1. The molecule has 7 nitrogen and oxygen atoms in total. The molecule has 0 aromatic heterocycles. The standard InChI is InChI=1S/C7H14N2O5/c1-4(9-6(12)13-2)7(8,14-3)5(10)11/h4H,8H2,1-3H3,(H,9,12)(H,10,11)/t4-,7-/m0/s1. The predicted molar refractivity (Wildman–Crippen MR) is 46.6 cm³/mol. The van der Waals surface area contributed by atoms with E-state index in [0.717, 1.165) is 14.2 Å². The fourth-order valence-electron chi connectivity index (χ4n) is 0.792. The van der Waals surface area contributed by atoms with Gasteiger partial charge in [0, 0.05) is 7.11 Å². The van der Waals surface area contributed by atoms with Gasteiger partial charge in [0.2, 0.25) is 5.72 Å². The van der Waals surface area contributed by atoms with E-state index in [2.05, 4.69) is 14.8 Å². The Morgan fingerprint density at radius 1 is 1.50 bits per heavy atom. The fraction of sp³-hybridized carbons (Fsp3) is 0.714. The molecule has 1 amide bonds. The highest BCUT2D eigenvalue weighted by Crippen LogP contribution is 2.08. The van der Waals surface area contributed by atoms with Crippen molar-refractivity contribution in [2.24, 2.45) is 5.73 Å². The van der Waals surface area contributed by atoms with Crippen LogP contribution >= 0.6 is 0 Å². The fourth-order valence-corrected chi connectivity index (χ4v) is 0.792. The van der Waals surface area contributed by atoms with Gasteiger partial charge in [0.1, 0.15) is 0 Å². The van der Waals surface area contributed by atoms with E-state index < -0.39 is 23.8 Å². The second-order valence-corrected chi connectivity index (χ2v) is 2.66.